The lowest BCUT2D eigenvalue weighted by Crippen LogP contribution is -2.01. The first-order valence-corrected chi connectivity index (χ1v) is 7.64. The first-order valence-electron chi connectivity index (χ1n) is 6.66. The van der Waals surface area contributed by atoms with Gasteiger partial charge in [0.1, 0.15) is 0 Å². The molecule has 0 bridgehead atoms. The number of nitro benzene ring substituents is 1. The fourth-order valence-electron chi connectivity index (χ4n) is 2.05. The second-order valence-corrected chi connectivity index (χ2v) is 5.66. The largest absolute Gasteiger partial charge is 0.385 e. The van der Waals surface area contributed by atoms with Crippen LogP contribution in [-0.4, -0.2) is 21.2 Å². The Morgan fingerprint density at radius 2 is 2.19 bits per heavy atom. The zero-order valence-electron chi connectivity index (χ0n) is 12.3. The van der Waals surface area contributed by atoms with Crippen LogP contribution in [0.4, 0.5) is 11.4 Å². The van der Waals surface area contributed by atoms with Crippen LogP contribution >= 0.6 is 11.8 Å². The molecule has 7 heteroatoms. The van der Waals surface area contributed by atoms with Crippen LogP contribution in [0.2, 0.25) is 0 Å². The minimum absolute atomic E-state index is 0.119. The first kappa shape index (κ1) is 15.4. The van der Waals surface area contributed by atoms with Crippen LogP contribution in [0.25, 0.3) is 0 Å². The normalized spacial score (nSPS) is 10.6. The summed E-state index contributed by atoms with van der Waals surface area (Å²) >= 11 is 1.62. The number of rotatable bonds is 6. The lowest BCUT2D eigenvalue weighted by Gasteiger charge is -2.10. The molecular weight excluding hydrogens is 288 g/mol. The summed E-state index contributed by atoms with van der Waals surface area (Å²) in [6, 6.07) is 6.94. The average Bonchev–Trinajstić information content (AvgIpc) is 2.76. The van der Waals surface area contributed by atoms with Gasteiger partial charge in [-0.25, -0.2) is 0 Å². The second kappa shape index (κ2) is 6.62. The van der Waals surface area contributed by atoms with Crippen molar-refractivity contribution in [2.75, 3.05) is 11.9 Å². The lowest BCUT2D eigenvalue weighted by atomic mass is 10.2. The summed E-state index contributed by atoms with van der Waals surface area (Å²) in [6.07, 6.45) is 0. The Bertz CT molecular complexity index is 654. The molecule has 0 atom stereocenters. The molecule has 0 aliphatic rings. The Balaban J connectivity index is 2.22. The monoisotopic (exact) mass is 306 g/mol. The predicted molar refractivity (Wildman–Crippen MR) is 84.8 cm³/mol. The molecule has 0 unspecified atom stereocenters. The third-order valence-electron chi connectivity index (χ3n) is 3.00. The highest BCUT2D eigenvalue weighted by atomic mass is 32.2. The van der Waals surface area contributed by atoms with E-state index in [1.807, 2.05) is 31.6 Å². The fraction of sp³-hybridized carbons (Fsp3) is 0.357. The highest BCUT2D eigenvalue weighted by Crippen LogP contribution is 2.29. The molecule has 0 spiro atoms. The molecule has 0 aliphatic carbocycles. The van der Waals surface area contributed by atoms with Crippen molar-refractivity contribution in [2.45, 2.75) is 24.6 Å². The summed E-state index contributed by atoms with van der Waals surface area (Å²) in [6.45, 7) is 4.73. The Hall–Kier alpha value is -2.02. The van der Waals surface area contributed by atoms with Crippen molar-refractivity contribution in [3.63, 3.8) is 0 Å². The van der Waals surface area contributed by atoms with Crippen LogP contribution in [0.5, 0.6) is 0 Å². The SMILES string of the molecule is CCNc1ccc([N+](=O)[O-])cc1CSc1cc(C)nn1C. The van der Waals surface area contributed by atoms with E-state index in [1.54, 1.807) is 23.9 Å². The van der Waals surface area contributed by atoms with Crippen molar-refractivity contribution >= 4 is 23.1 Å². The van der Waals surface area contributed by atoms with Gasteiger partial charge in [0.25, 0.3) is 5.69 Å². The van der Waals surface area contributed by atoms with Crippen molar-refractivity contribution < 1.29 is 4.92 Å². The van der Waals surface area contributed by atoms with Crippen LogP contribution < -0.4 is 5.32 Å². The molecule has 2 aromatic rings. The summed E-state index contributed by atoms with van der Waals surface area (Å²) in [5, 5.41) is 19.5. The number of aryl methyl sites for hydroxylation is 2. The van der Waals surface area contributed by atoms with Crippen LogP contribution in [0.3, 0.4) is 0 Å². The third-order valence-corrected chi connectivity index (χ3v) is 4.13. The fourth-order valence-corrected chi connectivity index (χ4v) is 3.07. The van der Waals surface area contributed by atoms with Crippen molar-refractivity contribution in [3.05, 3.63) is 45.6 Å². The van der Waals surface area contributed by atoms with E-state index >= 15 is 0 Å². The summed E-state index contributed by atoms with van der Waals surface area (Å²) < 4.78 is 1.82. The lowest BCUT2D eigenvalue weighted by molar-refractivity contribution is -0.384. The highest BCUT2D eigenvalue weighted by Gasteiger charge is 2.12. The zero-order chi connectivity index (χ0) is 15.4. The zero-order valence-corrected chi connectivity index (χ0v) is 13.1. The number of hydrogen-bond acceptors (Lipinski definition) is 5. The maximum absolute atomic E-state index is 10.9. The molecule has 0 amide bonds. The van der Waals surface area contributed by atoms with Gasteiger partial charge in [-0.15, -0.1) is 11.8 Å². The molecule has 21 heavy (non-hydrogen) atoms. The van der Waals surface area contributed by atoms with E-state index in [1.165, 1.54) is 6.07 Å². The van der Waals surface area contributed by atoms with Gasteiger partial charge in [0.2, 0.25) is 0 Å². The van der Waals surface area contributed by atoms with Gasteiger partial charge in [-0.3, -0.25) is 14.8 Å². The minimum atomic E-state index is -0.363. The smallest absolute Gasteiger partial charge is 0.269 e. The van der Waals surface area contributed by atoms with Crippen LogP contribution in [0.1, 0.15) is 18.2 Å². The Morgan fingerprint density at radius 1 is 1.43 bits per heavy atom. The number of nitro groups is 1. The molecule has 1 N–H and O–H groups in total. The predicted octanol–water partition coefficient (Wildman–Crippen LogP) is 3.36. The van der Waals surface area contributed by atoms with Gasteiger partial charge in [0.05, 0.1) is 15.6 Å². The second-order valence-electron chi connectivity index (χ2n) is 4.67. The third kappa shape index (κ3) is 3.75. The molecule has 0 aliphatic heterocycles. The van der Waals surface area contributed by atoms with Crippen LogP contribution in [0.15, 0.2) is 29.3 Å². The first-order chi connectivity index (χ1) is 10.0. The molecule has 0 saturated heterocycles. The summed E-state index contributed by atoms with van der Waals surface area (Å²) in [7, 11) is 1.90. The van der Waals surface area contributed by atoms with Crippen molar-refractivity contribution in [3.8, 4) is 0 Å². The molecule has 6 nitrogen and oxygen atoms in total. The summed E-state index contributed by atoms with van der Waals surface area (Å²) in [5.74, 6) is 0.656. The van der Waals surface area contributed by atoms with Crippen LogP contribution in [0, 0.1) is 17.0 Å². The van der Waals surface area contributed by atoms with Gasteiger partial charge in [0, 0.05) is 37.2 Å². The molecule has 0 fully saturated rings. The molecule has 0 radical (unpaired) electrons. The van der Waals surface area contributed by atoms with E-state index in [4.69, 9.17) is 0 Å². The number of nitrogens with one attached hydrogen (secondary N) is 1. The molecule has 1 aromatic carbocycles. The number of anilines is 1. The van der Waals surface area contributed by atoms with Gasteiger partial charge in [0.15, 0.2) is 0 Å². The molecule has 1 heterocycles. The molecule has 1 aromatic heterocycles. The van der Waals surface area contributed by atoms with Gasteiger partial charge in [-0.2, -0.15) is 5.10 Å². The van der Waals surface area contributed by atoms with E-state index < -0.39 is 0 Å². The Morgan fingerprint density at radius 3 is 2.76 bits per heavy atom. The Kier molecular flexibility index (Phi) is 4.85. The quantitative estimate of drug-likeness (QED) is 0.503. The van der Waals surface area contributed by atoms with Gasteiger partial charge < -0.3 is 5.32 Å². The van der Waals surface area contributed by atoms with Crippen molar-refractivity contribution in [1.82, 2.24) is 9.78 Å². The number of benzene rings is 1. The number of non-ortho nitro benzene ring substituents is 1. The van der Waals surface area contributed by atoms with Gasteiger partial charge >= 0.3 is 0 Å². The highest BCUT2D eigenvalue weighted by molar-refractivity contribution is 7.98. The number of aromatic nitrogens is 2. The molecule has 0 saturated carbocycles. The molecule has 2 rings (SSSR count). The standard InChI is InChI=1S/C14H18N4O2S/c1-4-15-13-6-5-12(18(19)20)8-11(13)9-21-14-7-10(2)16-17(14)3/h5-8,15H,4,9H2,1-3H3. The van der Waals surface area contributed by atoms with Gasteiger partial charge in [-0.05, 0) is 31.5 Å². The van der Waals surface area contributed by atoms with Crippen molar-refractivity contribution in [1.29, 1.82) is 0 Å². The van der Waals surface area contributed by atoms with E-state index in [0.29, 0.717) is 5.75 Å². The number of thioether (sulfide) groups is 1. The summed E-state index contributed by atoms with van der Waals surface area (Å²) in [5.41, 5.74) is 2.95. The van der Waals surface area contributed by atoms with Crippen LogP contribution in [-0.2, 0) is 12.8 Å². The maximum atomic E-state index is 10.9. The molecule has 112 valence electrons. The minimum Gasteiger partial charge on any atom is -0.385 e. The average molecular weight is 306 g/mol. The molecular formula is C14H18N4O2S. The summed E-state index contributed by atoms with van der Waals surface area (Å²) in [4.78, 5) is 10.6. The van der Waals surface area contributed by atoms with E-state index in [9.17, 15) is 10.1 Å². The number of hydrogen-bond donors (Lipinski definition) is 1. The van der Waals surface area contributed by atoms with Gasteiger partial charge in [-0.1, -0.05) is 0 Å². The van der Waals surface area contributed by atoms with E-state index in [0.717, 1.165) is 28.5 Å². The van der Waals surface area contributed by atoms with E-state index in [-0.39, 0.29) is 10.6 Å². The topological polar surface area (TPSA) is 73.0 Å². The Labute approximate surface area is 127 Å². The van der Waals surface area contributed by atoms with E-state index in [2.05, 4.69) is 10.4 Å². The maximum Gasteiger partial charge on any atom is 0.269 e. The van der Waals surface area contributed by atoms with Crippen molar-refractivity contribution in [2.24, 2.45) is 7.05 Å². The number of nitrogens with zero attached hydrogens (tertiary/aromatic N) is 3.